The second-order valence-electron chi connectivity index (χ2n) is 5.50. The van der Waals surface area contributed by atoms with Crippen molar-refractivity contribution in [2.75, 3.05) is 19.8 Å². The molecule has 1 amide bonds. The Morgan fingerprint density at radius 2 is 2.11 bits per heavy atom. The summed E-state index contributed by atoms with van der Waals surface area (Å²) in [5.74, 6) is -0.586. The molecule has 0 aromatic rings. The lowest BCUT2D eigenvalue weighted by atomic mass is 9.66. The Hall–Kier alpha value is -1.10. The van der Waals surface area contributed by atoms with E-state index in [-0.39, 0.29) is 12.3 Å². The zero-order chi connectivity index (χ0) is 13.0. The summed E-state index contributed by atoms with van der Waals surface area (Å²) in [4.78, 5) is 22.9. The highest BCUT2D eigenvalue weighted by molar-refractivity contribution is 5.85. The van der Waals surface area contributed by atoms with Gasteiger partial charge in [-0.3, -0.25) is 9.59 Å². The second kappa shape index (κ2) is 5.69. The van der Waals surface area contributed by atoms with Gasteiger partial charge in [-0.25, -0.2) is 0 Å². The molecule has 1 saturated heterocycles. The SMILES string of the molecule is O=C(CC1(C(=O)O)CCC1)NCC1CCCOC1. The van der Waals surface area contributed by atoms with E-state index < -0.39 is 11.4 Å². The van der Waals surface area contributed by atoms with Gasteiger partial charge in [0.05, 0.1) is 12.0 Å². The van der Waals surface area contributed by atoms with E-state index in [9.17, 15) is 9.59 Å². The van der Waals surface area contributed by atoms with Crippen LogP contribution in [0.5, 0.6) is 0 Å². The van der Waals surface area contributed by atoms with E-state index in [4.69, 9.17) is 9.84 Å². The van der Waals surface area contributed by atoms with Crippen molar-refractivity contribution in [3.8, 4) is 0 Å². The molecule has 2 fully saturated rings. The van der Waals surface area contributed by atoms with Gasteiger partial charge in [0.25, 0.3) is 0 Å². The van der Waals surface area contributed by atoms with Gasteiger partial charge in [0.1, 0.15) is 0 Å². The van der Waals surface area contributed by atoms with Crippen molar-refractivity contribution in [3.63, 3.8) is 0 Å². The maximum atomic E-state index is 11.8. The molecule has 1 heterocycles. The van der Waals surface area contributed by atoms with Crippen LogP contribution < -0.4 is 5.32 Å². The first-order valence-corrected chi connectivity index (χ1v) is 6.70. The molecule has 1 atom stereocenters. The Balaban J connectivity index is 1.73. The monoisotopic (exact) mass is 255 g/mol. The minimum Gasteiger partial charge on any atom is -0.481 e. The van der Waals surface area contributed by atoms with E-state index in [1.807, 2.05) is 0 Å². The zero-order valence-corrected chi connectivity index (χ0v) is 10.6. The molecule has 0 aromatic heterocycles. The van der Waals surface area contributed by atoms with E-state index in [2.05, 4.69) is 5.32 Å². The summed E-state index contributed by atoms with van der Waals surface area (Å²) in [6.07, 6.45) is 4.40. The summed E-state index contributed by atoms with van der Waals surface area (Å²) in [7, 11) is 0. The molecule has 5 heteroatoms. The molecule has 1 unspecified atom stereocenters. The predicted octanol–water partition coefficient (Wildman–Crippen LogP) is 1.17. The highest BCUT2D eigenvalue weighted by atomic mass is 16.5. The van der Waals surface area contributed by atoms with Crippen molar-refractivity contribution >= 4 is 11.9 Å². The van der Waals surface area contributed by atoms with Crippen LogP contribution in [0.15, 0.2) is 0 Å². The van der Waals surface area contributed by atoms with E-state index in [1.54, 1.807) is 0 Å². The lowest BCUT2D eigenvalue weighted by Crippen LogP contribution is -2.43. The molecule has 0 spiro atoms. The third kappa shape index (κ3) is 3.02. The van der Waals surface area contributed by atoms with Gasteiger partial charge in [0.15, 0.2) is 0 Å². The average Bonchev–Trinajstić information content (AvgIpc) is 2.32. The number of aliphatic carboxylic acids is 1. The number of carboxylic acids is 1. The molecule has 2 rings (SSSR count). The van der Waals surface area contributed by atoms with Crippen LogP contribution >= 0.6 is 0 Å². The number of hydrogen-bond acceptors (Lipinski definition) is 3. The molecule has 2 aliphatic rings. The average molecular weight is 255 g/mol. The number of ether oxygens (including phenoxy) is 1. The lowest BCUT2D eigenvalue weighted by Gasteiger charge is -2.37. The van der Waals surface area contributed by atoms with Crippen molar-refractivity contribution < 1.29 is 19.4 Å². The highest BCUT2D eigenvalue weighted by Gasteiger charge is 2.45. The molecule has 2 N–H and O–H groups in total. The topological polar surface area (TPSA) is 75.6 Å². The molecular formula is C13H21NO4. The van der Waals surface area contributed by atoms with Crippen molar-refractivity contribution in [2.24, 2.45) is 11.3 Å². The van der Waals surface area contributed by atoms with Crippen molar-refractivity contribution in [1.82, 2.24) is 5.32 Å². The van der Waals surface area contributed by atoms with E-state index >= 15 is 0 Å². The van der Waals surface area contributed by atoms with Gasteiger partial charge in [-0.15, -0.1) is 0 Å². The highest BCUT2D eigenvalue weighted by Crippen LogP contribution is 2.44. The van der Waals surface area contributed by atoms with Crippen LogP contribution in [-0.4, -0.2) is 36.7 Å². The van der Waals surface area contributed by atoms with Crippen LogP contribution in [0.2, 0.25) is 0 Å². The number of nitrogens with one attached hydrogen (secondary N) is 1. The fourth-order valence-electron chi connectivity index (χ4n) is 2.67. The maximum Gasteiger partial charge on any atom is 0.310 e. The molecule has 1 saturated carbocycles. The number of hydrogen-bond donors (Lipinski definition) is 2. The van der Waals surface area contributed by atoms with Crippen LogP contribution in [0.4, 0.5) is 0 Å². The van der Waals surface area contributed by atoms with Crippen LogP contribution in [0.25, 0.3) is 0 Å². The van der Waals surface area contributed by atoms with E-state index in [0.29, 0.717) is 31.9 Å². The summed E-state index contributed by atoms with van der Waals surface area (Å²) < 4.78 is 5.34. The van der Waals surface area contributed by atoms with Gasteiger partial charge in [-0.1, -0.05) is 6.42 Å². The molecule has 1 aliphatic carbocycles. The Morgan fingerprint density at radius 1 is 1.33 bits per heavy atom. The quantitative estimate of drug-likeness (QED) is 0.773. The number of rotatable bonds is 5. The van der Waals surface area contributed by atoms with Gasteiger partial charge in [-0.2, -0.15) is 0 Å². The van der Waals surface area contributed by atoms with Crippen molar-refractivity contribution in [2.45, 2.75) is 38.5 Å². The van der Waals surface area contributed by atoms with E-state index in [0.717, 1.165) is 25.9 Å². The van der Waals surface area contributed by atoms with Gasteiger partial charge < -0.3 is 15.2 Å². The minimum absolute atomic E-state index is 0.121. The Bertz CT molecular complexity index is 319. The maximum absolute atomic E-state index is 11.8. The molecule has 0 radical (unpaired) electrons. The van der Waals surface area contributed by atoms with Crippen LogP contribution in [0.3, 0.4) is 0 Å². The van der Waals surface area contributed by atoms with Gasteiger partial charge >= 0.3 is 5.97 Å². The standard InChI is InChI=1S/C13H21NO4/c15-11(7-13(12(16)17)4-2-5-13)14-8-10-3-1-6-18-9-10/h10H,1-9H2,(H,14,15)(H,16,17). The molecule has 5 nitrogen and oxygen atoms in total. The van der Waals surface area contributed by atoms with Crippen molar-refractivity contribution in [3.05, 3.63) is 0 Å². The normalized spacial score (nSPS) is 26.1. The van der Waals surface area contributed by atoms with Crippen LogP contribution in [0, 0.1) is 11.3 Å². The number of carbonyl (C=O) groups excluding carboxylic acids is 1. The van der Waals surface area contributed by atoms with Gasteiger partial charge in [0.2, 0.25) is 5.91 Å². The number of carboxylic acid groups (broad SMARTS) is 1. The molecular weight excluding hydrogens is 234 g/mol. The summed E-state index contributed by atoms with van der Waals surface area (Å²) >= 11 is 0. The molecule has 1 aliphatic heterocycles. The summed E-state index contributed by atoms with van der Waals surface area (Å²) in [5.41, 5.74) is -0.785. The lowest BCUT2D eigenvalue weighted by molar-refractivity contribution is -0.157. The third-order valence-electron chi connectivity index (χ3n) is 4.11. The van der Waals surface area contributed by atoms with E-state index in [1.165, 1.54) is 0 Å². The number of amides is 1. The zero-order valence-electron chi connectivity index (χ0n) is 10.6. The molecule has 0 bridgehead atoms. The predicted molar refractivity (Wildman–Crippen MR) is 65.1 cm³/mol. The fourth-order valence-corrected chi connectivity index (χ4v) is 2.67. The first-order valence-electron chi connectivity index (χ1n) is 6.70. The summed E-state index contributed by atoms with van der Waals surface area (Å²) in [5, 5.41) is 12.0. The van der Waals surface area contributed by atoms with Crippen molar-refractivity contribution in [1.29, 1.82) is 0 Å². The first-order chi connectivity index (χ1) is 8.62. The van der Waals surface area contributed by atoms with Gasteiger partial charge in [-0.05, 0) is 31.6 Å². The summed E-state index contributed by atoms with van der Waals surface area (Å²) in [6.45, 7) is 2.12. The van der Waals surface area contributed by atoms with Crippen LogP contribution in [-0.2, 0) is 14.3 Å². The molecule has 18 heavy (non-hydrogen) atoms. The van der Waals surface area contributed by atoms with Gasteiger partial charge in [0, 0.05) is 19.6 Å². The fraction of sp³-hybridized carbons (Fsp3) is 0.846. The minimum atomic E-state index is -0.829. The molecule has 0 aromatic carbocycles. The largest absolute Gasteiger partial charge is 0.481 e. The number of carbonyl (C=O) groups is 2. The summed E-state index contributed by atoms with van der Waals surface area (Å²) in [6, 6.07) is 0. The molecule has 102 valence electrons. The Morgan fingerprint density at radius 3 is 2.61 bits per heavy atom. The van der Waals surface area contributed by atoms with Crippen LogP contribution in [0.1, 0.15) is 38.5 Å². The Labute approximate surface area is 107 Å². The second-order valence-corrected chi connectivity index (χ2v) is 5.50. The Kier molecular flexibility index (Phi) is 4.22. The smallest absolute Gasteiger partial charge is 0.310 e. The third-order valence-corrected chi connectivity index (χ3v) is 4.11. The first kappa shape index (κ1) is 13.3.